The van der Waals surface area contributed by atoms with Gasteiger partial charge in [-0.1, -0.05) is 15.9 Å². The average molecular weight is 489 g/mol. The number of aryl methyl sites for hydroxylation is 2. The summed E-state index contributed by atoms with van der Waals surface area (Å²) in [6.07, 6.45) is 0.372. The van der Waals surface area contributed by atoms with Gasteiger partial charge in [0.25, 0.3) is 0 Å². The normalized spacial score (nSPS) is 10.8. The topological polar surface area (TPSA) is 92.0 Å². The Bertz CT molecular complexity index is 1150. The SMILES string of the molecule is COCCOC(=O)CCc1cc2c(C)cc(=O)oc2cc1OC(=O)c1ccc(Br)cc1. The van der Waals surface area contributed by atoms with Gasteiger partial charge in [0, 0.05) is 35.5 Å². The molecular weight excluding hydrogens is 468 g/mol. The van der Waals surface area contributed by atoms with Crippen LogP contribution in [0.5, 0.6) is 5.75 Å². The lowest BCUT2D eigenvalue weighted by molar-refractivity contribution is -0.144. The first-order valence-electron chi connectivity index (χ1n) is 9.57. The first kappa shape index (κ1) is 22.7. The Labute approximate surface area is 187 Å². The molecule has 7 nitrogen and oxygen atoms in total. The zero-order chi connectivity index (χ0) is 22.4. The number of halogens is 1. The zero-order valence-corrected chi connectivity index (χ0v) is 18.7. The van der Waals surface area contributed by atoms with Gasteiger partial charge in [0.15, 0.2) is 0 Å². The number of esters is 2. The molecule has 0 saturated carbocycles. The molecular formula is C23H21BrO7. The lowest BCUT2D eigenvalue weighted by Crippen LogP contribution is -2.12. The second-order valence-electron chi connectivity index (χ2n) is 6.81. The van der Waals surface area contributed by atoms with Gasteiger partial charge in [0.05, 0.1) is 12.2 Å². The lowest BCUT2D eigenvalue weighted by atomic mass is 10.0. The van der Waals surface area contributed by atoms with Gasteiger partial charge in [-0.15, -0.1) is 0 Å². The van der Waals surface area contributed by atoms with E-state index in [1.807, 2.05) is 0 Å². The van der Waals surface area contributed by atoms with E-state index in [2.05, 4.69) is 15.9 Å². The Balaban J connectivity index is 1.90. The van der Waals surface area contributed by atoms with Gasteiger partial charge >= 0.3 is 17.6 Å². The van der Waals surface area contributed by atoms with Crippen molar-refractivity contribution in [1.29, 1.82) is 0 Å². The highest BCUT2D eigenvalue weighted by Gasteiger charge is 2.16. The van der Waals surface area contributed by atoms with E-state index in [1.54, 1.807) is 37.3 Å². The van der Waals surface area contributed by atoms with Crippen molar-refractivity contribution < 1.29 is 28.2 Å². The molecule has 2 aromatic carbocycles. The Kier molecular flexibility index (Phi) is 7.59. The molecule has 3 aromatic rings. The monoisotopic (exact) mass is 488 g/mol. The largest absolute Gasteiger partial charge is 0.463 e. The molecule has 0 atom stereocenters. The summed E-state index contributed by atoms with van der Waals surface area (Å²) < 4.78 is 21.7. The van der Waals surface area contributed by atoms with Crippen molar-refractivity contribution in [2.75, 3.05) is 20.3 Å². The van der Waals surface area contributed by atoms with E-state index in [9.17, 15) is 14.4 Å². The van der Waals surface area contributed by atoms with E-state index in [-0.39, 0.29) is 25.2 Å². The molecule has 1 aromatic heterocycles. The first-order chi connectivity index (χ1) is 14.9. The number of hydrogen-bond acceptors (Lipinski definition) is 7. The van der Waals surface area contributed by atoms with Crippen molar-refractivity contribution in [3.05, 3.63) is 74.0 Å². The molecule has 8 heteroatoms. The zero-order valence-electron chi connectivity index (χ0n) is 17.1. The number of fused-ring (bicyclic) bond motifs is 1. The van der Waals surface area contributed by atoms with Crippen molar-refractivity contribution in [3.63, 3.8) is 0 Å². The van der Waals surface area contributed by atoms with Gasteiger partial charge in [0.2, 0.25) is 0 Å². The Morgan fingerprint density at radius 3 is 2.52 bits per heavy atom. The van der Waals surface area contributed by atoms with E-state index >= 15 is 0 Å². The average Bonchev–Trinajstić information content (AvgIpc) is 2.73. The van der Waals surface area contributed by atoms with Gasteiger partial charge < -0.3 is 18.6 Å². The summed E-state index contributed by atoms with van der Waals surface area (Å²) in [4.78, 5) is 36.4. The van der Waals surface area contributed by atoms with Gasteiger partial charge in [-0.2, -0.15) is 0 Å². The van der Waals surface area contributed by atoms with Crippen molar-refractivity contribution >= 4 is 38.8 Å². The maximum atomic E-state index is 12.6. The Hall–Kier alpha value is -2.97. The van der Waals surface area contributed by atoms with Crippen LogP contribution in [0.3, 0.4) is 0 Å². The molecule has 0 unspecified atom stereocenters. The van der Waals surface area contributed by atoms with Gasteiger partial charge in [-0.3, -0.25) is 4.79 Å². The number of benzene rings is 2. The fraction of sp³-hybridized carbons (Fsp3) is 0.261. The molecule has 0 fully saturated rings. The number of hydrogen-bond donors (Lipinski definition) is 0. The summed E-state index contributed by atoms with van der Waals surface area (Å²) in [6, 6.07) is 11.4. The lowest BCUT2D eigenvalue weighted by Gasteiger charge is -2.12. The highest BCUT2D eigenvalue weighted by atomic mass is 79.9. The molecule has 0 aliphatic carbocycles. The summed E-state index contributed by atoms with van der Waals surface area (Å²) in [5, 5.41) is 0.700. The predicted molar refractivity (Wildman–Crippen MR) is 117 cm³/mol. The van der Waals surface area contributed by atoms with Crippen LogP contribution in [0.15, 0.2) is 56.1 Å². The maximum absolute atomic E-state index is 12.6. The van der Waals surface area contributed by atoms with E-state index < -0.39 is 17.6 Å². The predicted octanol–water partition coefficient (Wildman–Crippen LogP) is 4.21. The molecule has 0 radical (unpaired) electrons. The van der Waals surface area contributed by atoms with E-state index in [4.69, 9.17) is 18.6 Å². The van der Waals surface area contributed by atoms with Crippen molar-refractivity contribution in [3.8, 4) is 5.75 Å². The third-order valence-corrected chi connectivity index (χ3v) is 5.09. The molecule has 0 aliphatic heterocycles. The quantitative estimate of drug-likeness (QED) is 0.203. The molecule has 0 spiro atoms. The minimum absolute atomic E-state index is 0.0912. The van der Waals surface area contributed by atoms with E-state index in [0.717, 1.165) is 10.0 Å². The van der Waals surface area contributed by atoms with Crippen LogP contribution in [0.4, 0.5) is 0 Å². The van der Waals surface area contributed by atoms with Crippen molar-refractivity contribution in [2.24, 2.45) is 0 Å². The van der Waals surface area contributed by atoms with Gasteiger partial charge in [-0.05, 0) is 54.8 Å². The number of ether oxygens (including phenoxy) is 3. The second kappa shape index (κ2) is 10.4. The molecule has 0 saturated heterocycles. The van der Waals surface area contributed by atoms with Gasteiger partial charge in [0.1, 0.15) is 17.9 Å². The first-order valence-corrected chi connectivity index (χ1v) is 10.4. The van der Waals surface area contributed by atoms with Crippen LogP contribution >= 0.6 is 15.9 Å². The fourth-order valence-electron chi connectivity index (χ4n) is 2.97. The number of carbonyl (C=O) groups excluding carboxylic acids is 2. The summed E-state index contributed by atoms with van der Waals surface area (Å²) in [5.74, 6) is -0.733. The van der Waals surface area contributed by atoms with Crippen molar-refractivity contribution in [2.45, 2.75) is 19.8 Å². The maximum Gasteiger partial charge on any atom is 0.343 e. The van der Waals surface area contributed by atoms with E-state index in [0.29, 0.717) is 28.7 Å². The number of methoxy groups -OCH3 is 1. The molecule has 31 heavy (non-hydrogen) atoms. The smallest absolute Gasteiger partial charge is 0.343 e. The van der Waals surface area contributed by atoms with Crippen LogP contribution in [-0.2, 0) is 20.7 Å². The molecule has 0 bridgehead atoms. The summed E-state index contributed by atoms with van der Waals surface area (Å²) >= 11 is 3.32. The highest BCUT2D eigenvalue weighted by Crippen LogP contribution is 2.29. The minimum Gasteiger partial charge on any atom is -0.463 e. The third-order valence-electron chi connectivity index (χ3n) is 4.56. The van der Waals surface area contributed by atoms with Crippen LogP contribution in [0.2, 0.25) is 0 Å². The third kappa shape index (κ3) is 6.02. The molecule has 0 N–H and O–H groups in total. The summed E-state index contributed by atoms with van der Waals surface area (Å²) in [5.41, 5.74) is 1.51. The molecule has 0 amide bonds. The second-order valence-corrected chi connectivity index (χ2v) is 7.73. The Morgan fingerprint density at radius 2 is 1.81 bits per heavy atom. The van der Waals surface area contributed by atoms with E-state index in [1.165, 1.54) is 19.2 Å². The van der Waals surface area contributed by atoms with Crippen molar-refractivity contribution in [1.82, 2.24) is 0 Å². The van der Waals surface area contributed by atoms with Crippen LogP contribution < -0.4 is 10.4 Å². The summed E-state index contributed by atoms with van der Waals surface area (Å²) in [7, 11) is 1.52. The van der Waals surface area contributed by atoms with Crippen LogP contribution in [0, 0.1) is 6.92 Å². The Morgan fingerprint density at radius 1 is 1.06 bits per heavy atom. The van der Waals surface area contributed by atoms with Crippen LogP contribution in [0.25, 0.3) is 11.0 Å². The number of carbonyl (C=O) groups is 2. The summed E-state index contributed by atoms with van der Waals surface area (Å²) in [6.45, 7) is 2.27. The fourth-order valence-corrected chi connectivity index (χ4v) is 3.24. The minimum atomic E-state index is -0.564. The number of rotatable bonds is 8. The molecule has 3 rings (SSSR count). The molecule has 0 aliphatic rings. The van der Waals surface area contributed by atoms with Gasteiger partial charge in [-0.25, -0.2) is 9.59 Å². The molecule has 162 valence electrons. The standard InChI is InChI=1S/C23H21BrO7/c1-14-11-22(26)30-20-13-19(31-23(27)15-3-6-17(24)7-4-15)16(12-18(14)20)5-8-21(25)29-10-9-28-2/h3-4,6-7,11-13H,5,8-10H2,1-2H3. The molecule has 1 heterocycles. The van der Waals surface area contributed by atoms with Crippen LogP contribution in [0.1, 0.15) is 27.9 Å². The van der Waals surface area contributed by atoms with Crippen LogP contribution in [-0.4, -0.2) is 32.3 Å². The highest BCUT2D eigenvalue weighted by molar-refractivity contribution is 9.10.